The highest BCUT2D eigenvalue weighted by Gasteiger charge is 2.22. The van der Waals surface area contributed by atoms with Crippen molar-refractivity contribution in [1.82, 2.24) is 0 Å². The van der Waals surface area contributed by atoms with Crippen molar-refractivity contribution < 1.29 is 0 Å². The summed E-state index contributed by atoms with van der Waals surface area (Å²) in [4.78, 5) is 2.52. The van der Waals surface area contributed by atoms with Gasteiger partial charge in [-0.1, -0.05) is 170 Å². The number of anilines is 3. The zero-order valence-corrected chi connectivity index (χ0v) is 32.4. The van der Waals surface area contributed by atoms with E-state index in [0.717, 1.165) is 11.4 Å². The number of fused-ring (bicyclic) bond motifs is 10. The van der Waals surface area contributed by atoms with Gasteiger partial charge < -0.3 is 4.90 Å². The molecule has 12 aromatic rings. The first-order valence-corrected chi connectivity index (χ1v) is 20.7. The summed E-state index contributed by atoms with van der Waals surface area (Å²) in [5.41, 5.74) is 8.30. The van der Waals surface area contributed by atoms with E-state index in [4.69, 9.17) is 0 Å². The maximum atomic E-state index is 2.52. The normalized spacial score (nSPS) is 11.8. The summed E-state index contributed by atoms with van der Waals surface area (Å²) in [5, 5.41) is 15.1. The van der Waals surface area contributed by atoms with Gasteiger partial charge in [0, 0.05) is 31.2 Å². The van der Waals surface area contributed by atoms with Gasteiger partial charge >= 0.3 is 0 Å². The van der Waals surface area contributed by atoms with Crippen LogP contribution in [0.15, 0.2) is 212 Å². The molecule has 0 saturated heterocycles. The van der Waals surface area contributed by atoms with Gasteiger partial charge in [-0.2, -0.15) is 0 Å². The van der Waals surface area contributed by atoms with Crippen LogP contribution >= 0.6 is 11.3 Å². The van der Waals surface area contributed by atoms with E-state index in [9.17, 15) is 0 Å². The number of hydrogen-bond donors (Lipinski definition) is 0. The molecule has 2 heteroatoms. The molecule has 1 heterocycles. The fourth-order valence-electron chi connectivity index (χ4n) is 9.32. The minimum absolute atomic E-state index is 1.11. The molecule has 0 fully saturated rings. The first kappa shape index (κ1) is 32.9. The number of nitrogens with zero attached hydrogens (tertiary/aromatic N) is 1. The lowest BCUT2D eigenvalue weighted by Crippen LogP contribution is -2.11. The van der Waals surface area contributed by atoms with E-state index >= 15 is 0 Å². The van der Waals surface area contributed by atoms with Gasteiger partial charge in [-0.25, -0.2) is 0 Å². The molecule has 1 aromatic heterocycles. The molecule has 0 unspecified atom stereocenters. The number of rotatable bonds is 5. The highest BCUT2D eigenvalue weighted by molar-refractivity contribution is 7.26. The largest absolute Gasteiger partial charge is 0.309 e. The predicted molar refractivity (Wildman–Crippen MR) is 252 cm³/mol. The van der Waals surface area contributed by atoms with Crippen LogP contribution in [0.4, 0.5) is 17.1 Å². The molecule has 270 valence electrons. The highest BCUT2D eigenvalue weighted by Crippen LogP contribution is 2.49. The van der Waals surface area contributed by atoms with Gasteiger partial charge in [-0.3, -0.25) is 0 Å². The van der Waals surface area contributed by atoms with Gasteiger partial charge in [0.2, 0.25) is 0 Å². The molecular weight excluding hydrogens is 719 g/mol. The van der Waals surface area contributed by atoms with Crippen LogP contribution in [0, 0.1) is 0 Å². The third kappa shape index (κ3) is 5.16. The molecule has 0 amide bonds. The summed E-state index contributed by atoms with van der Waals surface area (Å²) in [6.45, 7) is 0. The third-order valence-electron chi connectivity index (χ3n) is 12.0. The van der Waals surface area contributed by atoms with Crippen molar-refractivity contribution in [2.24, 2.45) is 0 Å². The molecule has 0 radical (unpaired) electrons. The third-order valence-corrected chi connectivity index (χ3v) is 13.2. The first-order chi connectivity index (χ1) is 28.8. The van der Waals surface area contributed by atoms with Gasteiger partial charge in [0.05, 0.1) is 11.4 Å². The van der Waals surface area contributed by atoms with Crippen molar-refractivity contribution in [1.29, 1.82) is 0 Å². The number of hydrogen-bond acceptors (Lipinski definition) is 2. The van der Waals surface area contributed by atoms with Crippen molar-refractivity contribution in [2.45, 2.75) is 0 Å². The average Bonchev–Trinajstić information content (AvgIpc) is 3.69. The Balaban J connectivity index is 1.15. The maximum Gasteiger partial charge on any atom is 0.0555 e. The molecule has 0 aliphatic carbocycles. The van der Waals surface area contributed by atoms with E-state index in [0.29, 0.717) is 0 Å². The van der Waals surface area contributed by atoms with E-state index in [1.165, 1.54) is 102 Å². The van der Waals surface area contributed by atoms with Crippen molar-refractivity contribution in [3.63, 3.8) is 0 Å². The van der Waals surface area contributed by atoms with E-state index in [1.807, 2.05) is 11.3 Å². The van der Waals surface area contributed by atoms with E-state index < -0.39 is 0 Å². The van der Waals surface area contributed by atoms with E-state index in [-0.39, 0.29) is 0 Å². The molecule has 0 saturated carbocycles. The smallest absolute Gasteiger partial charge is 0.0555 e. The molecule has 0 bridgehead atoms. The Morgan fingerprint density at radius 3 is 1.71 bits per heavy atom. The maximum absolute atomic E-state index is 2.52. The Labute approximate surface area is 340 Å². The van der Waals surface area contributed by atoms with Crippen LogP contribution in [0.5, 0.6) is 0 Å². The number of benzene rings is 11. The van der Waals surface area contributed by atoms with Crippen LogP contribution in [0.25, 0.3) is 96.3 Å². The summed E-state index contributed by atoms with van der Waals surface area (Å²) >= 11 is 1.89. The van der Waals surface area contributed by atoms with Crippen molar-refractivity contribution in [3.05, 3.63) is 212 Å². The lowest BCUT2D eigenvalue weighted by molar-refractivity contribution is 1.32. The molecule has 0 N–H and O–H groups in total. The number of thiophene rings is 1. The van der Waals surface area contributed by atoms with Gasteiger partial charge in [-0.05, 0) is 113 Å². The molecule has 58 heavy (non-hydrogen) atoms. The molecule has 0 aliphatic rings. The van der Waals surface area contributed by atoms with Crippen LogP contribution in [-0.2, 0) is 0 Å². The molecule has 0 spiro atoms. The second-order valence-electron chi connectivity index (χ2n) is 15.2. The topological polar surface area (TPSA) is 3.24 Å². The summed E-state index contributed by atoms with van der Waals surface area (Å²) in [7, 11) is 0. The standard InChI is InChI=1S/C56H35NS/c1-5-18-43-36(13-1)17-11-24-44(43)38-27-30-42(31-28-38)57(52-25-12-26-54-55(52)50-32-29-37-14-2-8-21-47(37)56(50)58-54)53-35-41(33-39-15-4-7-20-46(39)53)51-34-40-16-3-6-19-45(40)48-22-9-10-23-49(48)51/h1-35H. The Bertz CT molecular complexity index is 3570. The monoisotopic (exact) mass is 753 g/mol. The fourth-order valence-corrected chi connectivity index (χ4v) is 10.6. The van der Waals surface area contributed by atoms with Crippen LogP contribution in [0.3, 0.4) is 0 Å². The quantitative estimate of drug-likeness (QED) is 0.158. The summed E-state index contributed by atoms with van der Waals surface area (Å²) in [6.07, 6.45) is 0. The molecule has 0 atom stereocenters. The Morgan fingerprint density at radius 1 is 0.310 bits per heavy atom. The van der Waals surface area contributed by atoms with Crippen molar-refractivity contribution in [3.8, 4) is 22.3 Å². The summed E-state index contributed by atoms with van der Waals surface area (Å²) < 4.78 is 2.61. The molecular formula is C56H35NS. The predicted octanol–water partition coefficient (Wildman–Crippen LogP) is 16.6. The van der Waals surface area contributed by atoms with Gasteiger partial charge in [-0.15, -0.1) is 11.3 Å². The zero-order chi connectivity index (χ0) is 38.2. The zero-order valence-electron chi connectivity index (χ0n) is 31.6. The van der Waals surface area contributed by atoms with E-state index in [1.54, 1.807) is 0 Å². The second-order valence-corrected chi connectivity index (χ2v) is 16.3. The van der Waals surface area contributed by atoms with Crippen LogP contribution in [0.2, 0.25) is 0 Å². The van der Waals surface area contributed by atoms with Crippen LogP contribution < -0.4 is 4.90 Å². The fraction of sp³-hybridized carbons (Fsp3) is 0. The van der Waals surface area contributed by atoms with Gasteiger partial charge in [0.25, 0.3) is 0 Å². The van der Waals surface area contributed by atoms with Crippen molar-refractivity contribution >= 4 is 102 Å². The lowest BCUT2D eigenvalue weighted by atomic mass is 9.91. The molecule has 11 aromatic carbocycles. The van der Waals surface area contributed by atoms with Crippen molar-refractivity contribution in [2.75, 3.05) is 4.90 Å². The Hall–Kier alpha value is -7.26. The minimum Gasteiger partial charge on any atom is -0.309 e. The molecule has 0 aliphatic heterocycles. The highest BCUT2D eigenvalue weighted by atomic mass is 32.1. The van der Waals surface area contributed by atoms with Crippen LogP contribution in [0.1, 0.15) is 0 Å². The summed E-state index contributed by atoms with van der Waals surface area (Å²) in [5.74, 6) is 0. The molecule has 1 nitrogen and oxygen atoms in total. The second kappa shape index (κ2) is 13.2. The lowest BCUT2D eigenvalue weighted by Gasteiger charge is -2.29. The SMILES string of the molecule is c1ccc2c(-c3ccc(N(c4cc(-c5cc6ccccc6c6ccccc56)cc5ccccc45)c4cccc5sc6c7ccccc7ccc6c45)cc3)cccc2c1. The summed E-state index contributed by atoms with van der Waals surface area (Å²) in [6, 6.07) is 78.4. The van der Waals surface area contributed by atoms with Crippen LogP contribution in [-0.4, -0.2) is 0 Å². The Morgan fingerprint density at radius 2 is 0.914 bits per heavy atom. The Kier molecular flexibility index (Phi) is 7.47. The molecule has 12 rings (SSSR count). The van der Waals surface area contributed by atoms with Gasteiger partial charge in [0.1, 0.15) is 0 Å². The first-order valence-electron chi connectivity index (χ1n) is 19.9. The average molecular weight is 754 g/mol. The van der Waals surface area contributed by atoms with E-state index in [2.05, 4.69) is 217 Å². The van der Waals surface area contributed by atoms with Gasteiger partial charge in [0.15, 0.2) is 0 Å². The minimum atomic E-state index is 1.11.